The van der Waals surface area contributed by atoms with Gasteiger partial charge in [0.15, 0.2) is 0 Å². The summed E-state index contributed by atoms with van der Waals surface area (Å²) in [6.45, 7) is 13.8. The molecule has 0 amide bonds. The van der Waals surface area contributed by atoms with Gasteiger partial charge < -0.3 is 54.9 Å². The van der Waals surface area contributed by atoms with Crippen LogP contribution in [0.2, 0.25) is 5.28 Å². The van der Waals surface area contributed by atoms with Crippen molar-refractivity contribution in [2.75, 3.05) is 66.9 Å². The third kappa shape index (κ3) is 27.1. The Morgan fingerprint density at radius 2 is 0.900 bits per heavy atom. The van der Waals surface area contributed by atoms with Crippen LogP contribution in [0.3, 0.4) is 0 Å². The summed E-state index contributed by atoms with van der Waals surface area (Å²) < 4.78 is 2.09. The van der Waals surface area contributed by atoms with Gasteiger partial charge in [0.05, 0.1) is 0 Å². The molecule has 16 heteroatoms. The number of nitrogens with zero attached hydrogens (tertiary/aromatic N) is 6. The van der Waals surface area contributed by atoms with Gasteiger partial charge in [0.25, 0.3) is 0 Å². The van der Waals surface area contributed by atoms with E-state index in [0.29, 0.717) is 29.7 Å². The van der Waals surface area contributed by atoms with E-state index >= 15 is 0 Å². The zero-order valence-corrected chi connectivity index (χ0v) is 29.4. The largest absolute Gasteiger partial charge is 0.357 e. The maximum atomic E-state index is 5.77. The molecule has 0 aliphatic rings. The van der Waals surface area contributed by atoms with Crippen molar-refractivity contribution >= 4 is 76.3 Å². The summed E-state index contributed by atoms with van der Waals surface area (Å²) in [5.74, 6) is 2.85. The predicted octanol–water partition coefficient (Wildman–Crippen LogP) is 6.35. The molecule has 0 saturated carbocycles. The Hall–Kier alpha value is -1.13. The minimum absolute atomic E-state index is 0. The van der Waals surface area contributed by atoms with Crippen LogP contribution in [-0.4, -0.2) is 70.2 Å². The molecule has 1 radical (unpaired) electrons. The fourth-order valence-corrected chi connectivity index (χ4v) is 2.26. The monoisotopic (exact) mass is 756 g/mol. The van der Waals surface area contributed by atoms with E-state index in [2.05, 4.69) is 124 Å². The first kappa shape index (κ1) is 48.6. The first-order valence-electron chi connectivity index (χ1n) is 12.8. The van der Waals surface area contributed by atoms with Gasteiger partial charge in [-0.1, -0.05) is 42.0 Å². The van der Waals surface area contributed by atoms with Crippen molar-refractivity contribution in [1.82, 2.24) is 29.9 Å². The van der Waals surface area contributed by atoms with Crippen LogP contribution < -0.4 is 32.3 Å². The molecule has 0 aromatic carbocycles. The number of anilines is 5. The number of nitrogens with one attached hydrogen (secondary N) is 5. The van der Waals surface area contributed by atoms with E-state index in [1.165, 1.54) is 13.5 Å². The molecule has 0 aliphatic heterocycles. The fourth-order valence-electron chi connectivity index (χ4n) is 2.10. The minimum Gasteiger partial charge on any atom is -0.357 e. The summed E-state index contributed by atoms with van der Waals surface area (Å²) in [7, 11) is 3.29. The van der Waals surface area contributed by atoms with Gasteiger partial charge >= 0.3 is 0 Å². The first-order chi connectivity index (χ1) is 18.0. The Labute approximate surface area is 279 Å². The first-order valence-corrected chi connectivity index (χ1v) is 14.4. The SMILES string of the molecule is C.CCCNc1nc(Cl)nc(NCCC)n1.CCCNc1nc(NC)nc(NCCC)n1.CC[CH-]I.CN.Cl.[V]. The Balaban J connectivity index is -0.000000161. The fraction of sp³-hybridized carbons (Fsp3) is 0.708. The van der Waals surface area contributed by atoms with E-state index < -0.39 is 0 Å². The standard InChI is InChI=1S/C10H20N6.C9H16ClN5.C3H6I.CH5N.CH4.ClH.V/c1-4-6-12-9-14-8(11-3)15-10(16-9)13-7-5-2;1-3-5-11-8-13-7(10)14-9(15-8)12-6-4-2;1-2-3-4;1-2;;;/h4-7H2,1-3H3,(H3,11,12,13,14,15,16);3-6H2,1-2H3,(H2,11,12,13,14,15);3H,2H2,1H3;2H2,1H3;1H4;1H;/q;;-1;;;;. The summed E-state index contributed by atoms with van der Waals surface area (Å²) in [6, 6.07) is 0. The van der Waals surface area contributed by atoms with Crippen molar-refractivity contribution in [3.8, 4) is 0 Å². The molecule has 7 N–H and O–H groups in total. The van der Waals surface area contributed by atoms with Gasteiger partial charge in [0.1, 0.15) is 0 Å². The second kappa shape index (κ2) is 35.9. The van der Waals surface area contributed by atoms with E-state index in [9.17, 15) is 0 Å². The Kier molecular flexibility index (Phi) is 43.6. The van der Waals surface area contributed by atoms with Crippen LogP contribution in [0.1, 0.15) is 74.1 Å². The maximum absolute atomic E-state index is 5.77. The Morgan fingerprint density at radius 3 is 1.12 bits per heavy atom. The molecule has 40 heavy (non-hydrogen) atoms. The summed E-state index contributed by atoms with van der Waals surface area (Å²) in [4.78, 5) is 24.8. The summed E-state index contributed by atoms with van der Waals surface area (Å²) in [5, 5.41) is 15.5. The quantitative estimate of drug-likeness (QED) is 0.0937. The predicted molar refractivity (Wildman–Crippen MR) is 182 cm³/mol. The van der Waals surface area contributed by atoms with Gasteiger partial charge in [0, 0.05) is 51.8 Å². The smallest absolute Gasteiger partial charge is 0.229 e. The van der Waals surface area contributed by atoms with Crippen molar-refractivity contribution in [1.29, 1.82) is 0 Å². The maximum Gasteiger partial charge on any atom is 0.229 e. The number of nitrogens with two attached hydrogens (primary N) is 1. The average molecular weight is 758 g/mol. The van der Waals surface area contributed by atoms with E-state index in [1.807, 2.05) is 0 Å². The van der Waals surface area contributed by atoms with Crippen molar-refractivity contribution in [2.45, 2.75) is 74.1 Å². The summed E-state index contributed by atoms with van der Waals surface area (Å²) >= 11 is 7.99. The number of hydrogen-bond acceptors (Lipinski definition) is 12. The van der Waals surface area contributed by atoms with Crippen LogP contribution in [0, 0.1) is 4.43 Å². The van der Waals surface area contributed by atoms with Gasteiger partial charge in [-0.05, 0) is 44.3 Å². The number of aromatic nitrogens is 6. The molecule has 0 aliphatic carbocycles. The van der Waals surface area contributed by atoms with Crippen molar-refractivity contribution in [2.24, 2.45) is 5.73 Å². The van der Waals surface area contributed by atoms with E-state index in [0.717, 1.165) is 51.9 Å². The van der Waals surface area contributed by atoms with Crippen LogP contribution in [-0.2, 0) is 18.6 Å². The van der Waals surface area contributed by atoms with Crippen LogP contribution in [0.25, 0.3) is 0 Å². The zero-order valence-electron chi connectivity index (χ0n) is 24.3. The van der Waals surface area contributed by atoms with Gasteiger partial charge in [0.2, 0.25) is 35.0 Å². The topological polar surface area (TPSA) is 164 Å². The zero-order chi connectivity index (χ0) is 28.3. The number of hydrogen-bond donors (Lipinski definition) is 6. The van der Waals surface area contributed by atoms with E-state index in [-0.39, 0.29) is 43.7 Å². The molecule has 2 heterocycles. The molecular weight excluding hydrogens is 705 g/mol. The third-order valence-corrected chi connectivity index (χ3v) is 4.80. The van der Waals surface area contributed by atoms with Gasteiger partial charge in [-0.15, -0.1) is 12.4 Å². The van der Waals surface area contributed by atoms with Crippen LogP contribution in [0.15, 0.2) is 0 Å². The van der Waals surface area contributed by atoms with Crippen LogP contribution in [0.4, 0.5) is 29.7 Å². The summed E-state index contributed by atoms with van der Waals surface area (Å²) in [5.41, 5.74) is 4.50. The molecule has 2 aromatic rings. The molecule has 0 atom stereocenters. The number of halogens is 3. The van der Waals surface area contributed by atoms with Gasteiger partial charge in [-0.3, -0.25) is 4.43 Å². The van der Waals surface area contributed by atoms with E-state index in [1.54, 1.807) is 7.05 Å². The molecule has 0 fully saturated rings. The molecule has 235 valence electrons. The molecule has 12 nitrogen and oxygen atoms in total. The van der Waals surface area contributed by atoms with Crippen molar-refractivity contribution in [3.63, 3.8) is 0 Å². The molecule has 0 spiro atoms. The molecule has 0 bridgehead atoms. The van der Waals surface area contributed by atoms with Crippen LogP contribution >= 0.6 is 46.6 Å². The molecule has 2 aromatic heterocycles. The van der Waals surface area contributed by atoms with Gasteiger partial charge in [-0.2, -0.15) is 36.3 Å². The number of rotatable bonds is 14. The van der Waals surface area contributed by atoms with Crippen molar-refractivity contribution < 1.29 is 18.6 Å². The van der Waals surface area contributed by atoms with Crippen molar-refractivity contribution in [3.05, 3.63) is 9.71 Å². The molecule has 0 unspecified atom stereocenters. The van der Waals surface area contributed by atoms with E-state index in [4.69, 9.17) is 11.6 Å². The Bertz CT molecular complexity index is 743. The molecule has 0 saturated heterocycles. The third-order valence-electron chi connectivity index (χ3n) is 3.75. The minimum atomic E-state index is 0. The van der Waals surface area contributed by atoms with Crippen LogP contribution in [0.5, 0.6) is 0 Å². The normalized spacial score (nSPS) is 8.65. The second-order valence-electron chi connectivity index (χ2n) is 7.08. The summed E-state index contributed by atoms with van der Waals surface area (Å²) in [6.07, 6.45) is 5.29. The Morgan fingerprint density at radius 1 is 0.650 bits per heavy atom. The second-order valence-corrected chi connectivity index (χ2v) is 8.30. The molecule has 2 rings (SSSR count). The molecular formula is C24H52Cl2IN12V-. The average Bonchev–Trinajstić information content (AvgIpc) is 2.93. The van der Waals surface area contributed by atoms with Gasteiger partial charge in [-0.25, -0.2) is 0 Å².